The minimum Gasteiger partial charge on any atom is -0.508 e. The van der Waals surface area contributed by atoms with Crippen molar-refractivity contribution in [2.45, 2.75) is 6.61 Å². The van der Waals surface area contributed by atoms with E-state index >= 15 is 0 Å². The first-order valence-electron chi connectivity index (χ1n) is 9.36. The summed E-state index contributed by atoms with van der Waals surface area (Å²) in [6, 6.07) is 18.2. The molecular weight excluding hydrogens is 451 g/mol. The molecule has 162 valence electrons. The topological polar surface area (TPSA) is 91.6 Å². The van der Waals surface area contributed by atoms with Gasteiger partial charge in [-0.3, -0.25) is 4.79 Å². The first kappa shape index (κ1) is 23.0. The molecule has 8 heteroatoms. The Labute approximate surface area is 195 Å². The Morgan fingerprint density at radius 2 is 1.81 bits per heavy atom. The fraction of sp³-hybridized carbons (Fsp3) is 0.0833. The summed E-state index contributed by atoms with van der Waals surface area (Å²) >= 11 is 12.3. The van der Waals surface area contributed by atoms with Crippen LogP contribution >= 0.6 is 23.2 Å². The molecule has 0 aliphatic heterocycles. The van der Waals surface area contributed by atoms with Gasteiger partial charge in [0, 0.05) is 10.7 Å². The number of rotatable bonds is 7. The van der Waals surface area contributed by atoms with Crippen LogP contribution in [0.2, 0.25) is 10.0 Å². The number of benzene rings is 3. The number of amides is 1. The van der Waals surface area contributed by atoms with Crippen molar-refractivity contribution in [2.75, 3.05) is 12.4 Å². The van der Waals surface area contributed by atoms with Gasteiger partial charge in [-0.1, -0.05) is 35.3 Å². The van der Waals surface area contributed by atoms with Crippen molar-refractivity contribution in [3.8, 4) is 23.3 Å². The number of nitrogens with one attached hydrogen (secondary N) is 1. The van der Waals surface area contributed by atoms with E-state index in [1.165, 1.54) is 37.5 Å². The number of carbonyl (C=O) groups excluding carboxylic acids is 1. The highest BCUT2D eigenvalue weighted by molar-refractivity contribution is 6.32. The van der Waals surface area contributed by atoms with Crippen LogP contribution in [0, 0.1) is 11.3 Å². The maximum atomic E-state index is 12.5. The number of hydrogen-bond donors (Lipinski definition) is 2. The molecule has 0 heterocycles. The van der Waals surface area contributed by atoms with E-state index in [-0.39, 0.29) is 23.0 Å². The Kier molecular flexibility index (Phi) is 7.61. The molecule has 3 aromatic rings. The lowest BCUT2D eigenvalue weighted by molar-refractivity contribution is -0.112. The van der Waals surface area contributed by atoms with Crippen LogP contribution in [0.3, 0.4) is 0 Å². The second kappa shape index (κ2) is 10.6. The number of halogens is 2. The van der Waals surface area contributed by atoms with Gasteiger partial charge in [0.2, 0.25) is 0 Å². The third-order valence-electron chi connectivity index (χ3n) is 4.35. The second-order valence-electron chi connectivity index (χ2n) is 6.62. The van der Waals surface area contributed by atoms with E-state index in [9.17, 15) is 15.2 Å². The van der Waals surface area contributed by atoms with Gasteiger partial charge >= 0.3 is 0 Å². The first-order chi connectivity index (χ1) is 15.4. The van der Waals surface area contributed by atoms with E-state index in [1.54, 1.807) is 24.3 Å². The molecule has 1 amide bonds. The van der Waals surface area contributed by atoms with E-state index in [4.69, 9.17) is 32.7 Å². The molecule has 3 aromatic carbocycles. The third kappa shape index (κ3) is 5.94. The fourth-order valence-electron chi connectivity index (χ4n) is 2.76. The molecule has 0 aromatic heterocycles. The molecule has 2 N–H and O–H groups in total. The molecule has 0 bridgehead atoms. The van der Waals surface area contributed by atoms with Gasteiger partial charge in [-0.2, -0.15) is 5.26 Å². The number of anilines is 1. The Bertz CT molecular complexity index is 1180. The van der Waals surface area contributed by atoms with Crippen LogP contribution in [-0.2, 0) is 11.4 Å². The van der Waals surface area contributed by atoms with Crippen LogP contribution in [0.5, 0.6) is 17.2 Å². The SMILES string of the molecule is COc1cc(/C=C(\C#N)C(=O)Nc2ccc(O)cc2)cc(Cl)c1OCc1ccc(Cl)cc1. The van der Waals surface area contributed by atoms with Crippen molar-refractivity contribution >= 4 is 40.9 Å². The molecule has 0 radical (unpaired) electrons. The average molecular weight is 469 g/mol. The minimum atomic E-state index is -0.601. The van der Waals surface area contributed by atoms with Crippen LogP contribution in [0.25, 0.3) is 6.08 Å². The van der Waals surface area contributed by atoms with Crippen molar-refractivity contribution in [2.24, 2.45) is 0 Å². The molecule has 32 heavy (non-hydrogen) atoms. The first-order valence-corrected chi connectivity index (χ1v) is 10.1. The molecule has 0 aliphatic rings. The highest BCUT2D eigenvalue weighted by Crippen LogP contribution is 2.37. The Hall–Kier alpha value is -3.66. The fourth-order valence-corrected chi connectivity index (χ4v) is 3.16. The molecule has 0 aliphatic carbocycles. The van der Waals surface area contributed by atoms with Crippen molar-refractivity contribution in [3.63, 3.8) is 0 Å². The lowest BCUT2D eigenvalue weighted by Crippen LogP contribution is -2.13. The minimum absolute atomic E-state index is 0.0687. The zero-order chi connectivity index (χ0) is 23.1. The quantitative estimate of drug-likeness (QED) is 0.258. The number of nitriles is 1. The Morgan fingerprint density at radius 3 is 2.44 bits per heavy atom. The second-order valence-corrected chi connectivity index (χ2v) is 7.46. The van der Waals surface area contributed by atoms with Crippen LogP contribution < -0.4 is 14.8 Å². The van der Waals surface area contributed by atoms with Gasteiger partial charge in [-0.25, -0.2) is 0 Å². The van der Waals surface area contributed by atoms with Gasteiger partial charge in [0.25, 0.3) is 5.91 Å². The van der Waals surface area contributed by atoms with Gasteiger partial charge in [-0.15, -0.1) is 0 Å². The third-order valence-corrected chi connectivity index (χ3v) is 4.88. The van der Waals surface area contributed by atoms with Crippen molar-refractivity contribution in [3.05, 3.63) is 87.4 Å². The summed E-state index contributed by atoms with van der Waals surface area (Å²) in [7, 11) is 1.47. The molecule has 0 saturated carbocycles. The van der Waals surface area contributed by atoms with E-state index in [0.29, 0.717) is 27.8 Å². The standard InChI is InChI=1S/C24H18Cl2N2O4/c1-31-22-12-16(10-17(13-27)24(30)28-19-6-8-20(29)9-7-19)11-21(26)23(22)32-14-15-2-4-18(25)5-3-15/h2-12,29H,14H2,1H3,(H,28,30)/b17-10+. The van der Waals surface area contributed by atoms with E-state index in [0.717, 1.165) is 5.56 Å². The summed E-state index contributed by atoms with van der Waals surface area (Å²) in [6.07, 6.45) is 1.40. The highest BCUT2D eigenvalue weighted by Gasteiger charge is 2.14. The maximum absolute atomic E-state index is 12.5. The summed E-state index contributed by atoms with van der Waals surface area (Å²) in [5.74, 6) is 0.165. The number of carbonyl (C=O) groups is 1. The van der Waals surface area contributed by atoms with Gasteiger partial charge in [0.1, 0.15) is 24.0 Å². The maximum Gasteiger partial charge on any atom is 0.266 e. The van der Waals surface area contributed by atoms with Gasteiger partial charge in [0.05, 0.1) is 12.1 Å². The summed E-state index contributed by atoms with van der Waals surface area (Å²) in [4.78, 5) is 12.5. The molecule has 0 atom stereocenters. The lowest BCUT2D eigenvalue weighted by atomic mass is 10.1. The lowest BCUT2D eigenvalue weighted by Gasteiger charge is -2.14. The largest absolute Gasteiger partial charge is 0.508 e. The average Bonchev–Trinajstić information content (AvgIpc) is 2.79. The van der Waals surface area contributed by atoms with Gasteiger partial charge in [0.15, 0.2) is 11.5 Å². The van der Waals surface area contributed by atoms with Crippen LogP contribution in [0.4, 0.5) is 5.69 Å². The number of ether oxygens (including phenoxy) is 2. The summed E-state index contributed by atoms with van der Waals surface area (Å²) in [5, 5.41) is 22.3. The van der Waals surface area contributed by atoms with Crippen LogP contribution in [-0.4, -0.2) is 18.1 Å². The van der Waals surface area contributed by atoms with Crippen molar-refractivity contribution in [1.29, 1.82) is 5.26 Å². The molecule has 0 fully saturated rings. The molecule has 6 nitrogen and oxygen atoms in total. The molecule has 3 rings (SSSR count). The number of hydrogen-bond acceptors (Lipinski definition) is 5. The van der Waals surface area contributed by atoms with E-state index < -0.39 is 5.91 Å². The number of methoxy groups -OCH3 is 1. The summed E-state index contributed by atoms with van der Waals surface area (Å²) in [5.41, 5.74) is 1.69. The molecule has 0 unspecified atom stereocenters. The zero-order valence-corrected chi connectivity index (χ0v) is 18.4. The van der Waals surface area contributed by atoms with Gasteiger partial charge < -0.3 is 19.9 Å². The monoisotopic (exact) mass is 468 g/mol. The normalized spacial score (nSPS) is 10.9. The Morgan fingerprint density at radius 1 is 1.12 bits per heavy atom. The predicted octanol–water partition coefficient (Wildman–Crippen LogP) is 5.83. The predicted molar refractivity (Wildman–Crippen MR) is 124 cm³/mol. The zero-order valence-electron chi connectivity index (χ0n) is 16.9. The number of phenols is 1. The molecule has 0 spiro atoms. The number of phenolic OH excluding ortho intramolecular Hbond substituents is 1. The van der Waals surface area contributed by atoms with E-state index in [1.807, 2.05) is 18.2 Å². The Balaban J connectivity index is 1.80. The molecule has 0 saturated heterocycles. The summed E-state index contributed by atoms with van der Waals surface area (Å²) < 4.78 is 11.2. The molecular formula is C24H18Cl2N2O4. The number of aromatic hydroxyl groups is 1. The summed E-state index contributed by atoms with van der Waals surface area (Å²) in [6.45, 7) is 0.251. The number of nitrogens with zero attached hydrogens (tertiary/aromatic N) is 1. The van der Waals surface area contributed by atoms with E-state index in [2.05, 4.69) is 5.32 Å². The van der Waals surface area contributed by atoms with Gasteiger partial charge in [-0.05, 0) is 65.7 Å². The van der Waals surface area contributed by atoms with Crippen molar-refractivity contribution < 1.29 is 19.4 Å². The smallest absolute Gasteiger partial charge is 0.266 e. The van der Waals surface area contributed by atoms with Crippen LogP contribution in [0.1, 0.15) is 11.1 Å². The van der Waals surface area contributed by atoms with Crippen molar-refractivity contribution in [1.82, 2.24) is 0 Å². The highest BCUT2D eigenvalue weighted by atomic mass is 35.5. The van der Waals surface area contributed by atoms with Crippen LogP contribution in [0.15, 0.2) is 66.2 Å².